The first-order chi connectivity index (χ1) is 12.1. The fraction of sp³-hybridized carbons (Fsp3) is 0.550. The maximum atomic E-state index is 11.3. The van der Waals surface area contributed by atoms with Gasteiger partial charge in [-0.1, -0.05) is 12.1 Å². The lowest BCUT2D eigenvalue weighted by Gasteiger charge is -2.36. The molecular weight excluding hydrogens is 316 g/mol. The lowest BCUT2D eigenvalue weighted by molar-refractivity contribution is -0.0275. The smallest absolute Gasteiger partial charge is 0.208 e. The normalized spacial score (nSPS) is 23.6. The summed E-state index contributed by atoms with van der Waals surface area (Å²) in [5.74, 6) is 3.17. The average Bonchev–Trinajstić information content (AvgIpc) is 3.18. The van der Waals surface area contributed by atoms with Crippen LogP contribution >= 0.6 is 0 Å². The number of oxazole rings is 1. The molecule has 0 unspecified atom stereocenters. The van der Waals surface area contributed by atoms with Gasteiger partial charge in [0.15, 0.2) is 0 Å². The van der Waals surface area contributed by atoms with E-state index in [0.29, 0.717) is 12.5 Å². The van der Waals surface area contributed by atoms with Gasteiger partial charge in [0.25, 0.3) is 0 Å². The fourth-order valence-electron chi connectivity index (χ4n) is 3.90. The van der Waals surface area contributed by atoms with Crippen LogP contribution in [-0.4, -0.2) is 34.7 Å². The zero-order valence-electron chi connectivity index (χ0n) is 14.9. The number of hydrogen-bond donors (Lipinski definition) is 1. The number of aromatic nitrogens is 1. The standard InChI is InChI=1S/C20H26N2O3/c1-20(23,15-7-9-16(24-2)10-8-15)18-4-3-11-22(18)13-19-21-12-17(25-19)14-5-6-14/h7-10,12,14,18,23H,3-6,11,13H2,1-2H3/t18-,20-/m1/s1. The van der Waals surface area contributed by atoms with Crippen molar-refractivity contribution in [3.63, 3.8) is 0 Å². The molecular formula is C20H26N2O3. The summed E-state index contributed by atoms with van der Waals surface area (Å²) in [6.45, 7) is 3.52. The van der Waals surface area contributed by atoms with Crippen molar-refractivity contribution in [1.29, 1.82) is 0 Å². The lowest BCUT2D eigenvalue weighted by atomic mass is 9.86. The molecule has 4 rings (SSSR count). The summed E-state index contributed by atoms with van der Waals surface area (Å²) in [6, 6.07) is 7.76. The van der Waals surface area contributed by atoms with Crippen molar-refractivity contribution in [2.45, 2.75) is 56.7 Å². The van der Waals surface area contributed by atoms with E-state index in [9.17, 15) is 5.11 Å². The summed E-state index contributed by atoms with van der Waals surface area (Å²) in [6.07, 6.45) is 6.35. The molecule has 134 valence electrons. The quantitative estimate of drug-likeness (QED) is 0.871. The van der Waals surface area contributed by atoms with Crippen LogP contribution in [0, 0.1) is 0 Å². The summed E-state index contributed by atoms with van der Waals surface area (Å²) >= 11 is 0. The zero-order chi connectivity index (χ0) is 17.4. The van der Waals surface area contributed by atoms with Crippen molar-refractivity contribution >= 4 is 0 Å². The van der Waals surface area contributed by atoms with Gasteiger partial charge in [-0.15, -0.1) is 0 Å². The number of hydrogen-bond acceptors (Lipinski definition) is 5. The van der Waals surface area contributed by atoms with E-state index >= 15 is 0 Å². The molecule has 5 nitrogen and oxygen atoms in total. The summed E-state index contributed by atoms with van der Waals surface area (Å²) in [5, 5.41) is 11.3. The highest BCUT2D eigenvalue weighted by Crippen LogP contribution is 2.41. The van der Waals surface area contributed by atoms with Crippen LogP contribution in [0.5, 0.6) is 5.75 Å². The molecule has 1 aromatic carbocycles. The van der Waals surface area contributed by atoms with Crippen LogP contribution in [0.25, 0.3) is 0 Å². The molecule has 1 saturated heterocycles. The molecule has 2 heterocycles. The Morgan fingerprint density at radius 2 is 2.04 bits per heavy atom. The third-order valence-corrected chi connectivity index (χ3v) is 5.58. The number of methoxy groups -OCH3 is 1. The first kappa shape index (κ1) is 16.6. The molecule has 2 aliphatic rings. The number of benzene rings is 1. The van der Waals surface area contributed by atoms with Gasteiger partial charge in [0, 0.05) is 12.0 Å². The Kier molecular flexibility index (Phi) is 4.29. The van der Waals surface area contributed by atoms with E-state index in [2.05, 4.69) is 9.88 Å². The van der Waals surface area contributed by atoms with Crippen LogP contribution < -0.4 is 4.74 Å². The Hall–Kier alpha value is -1.85. The van der Waals surface area contributed by atoms with Crippen molar-refractivity contribution in [3.05, 3.63) is 47.7 Å². The Morgan fingerprint density at radius 1 is 1.28 bits per heavy atom. The van der Waals surface area contributed by atoms with Gasteiger partial charge in [-0.3, -0.25) is 4.90 Å². The number of ether oxygens (including phenoxy) is 1. The van der Waals surface area contributed by atoms with Crippen molar-refractivity contribution in [3.8, 4) is 5.75 Å². The molecule has 1 saturated carbocycles. The minimum Gasteiger partial charge on any atom is -0.497 e. The Bertz CT molecular complexity index is 719. The maximum absolute atomic E-state index is 11.3. The van der Waals surface area contributed by atoms with E-state index in [1.165, 1.54) is 12.8 Å². The van der Waals surface area contributed by atoms with E-state index in [1.54, 1.807) is 7.11 Å². The number of rotatable bonds is 6. The largest absolute Gasteiger partial charge is 0.497 e. The van der Waals surface area contributed by atoms with Gasteiger partial charge < -0.3 is 14.3 Å². The van der Waals surface area contributed by atoms with Crippen molar-refractivity contribution < 1.29 is 14.3 Å². The second-order valence-corrected chi connectivity index (χ2v) is 7.44. The van der Waals surface area contributed by atoms with Gasteiger partial charge >= 0.3 is 0 Å². The van der Waals surface area contributed by atoms with Crippen LogP contribution in [0.1, 0.15) is 55.7 Å². The van der Waals surface area contributed by atoms with Gasteiger partial charge in [0.05, 0.1) is 19.9 Å². The molecule has 0 spiro atoms. The van der Waals surface area contributed by atoms with Gasteiger partial charge in [-0.2, -0.15) is 0 Å². The predicted octanol–water partition coefficient (Wildman–Crippen LogP) is 3.43. The molecule has 1 aromatic heterocycles. The van der Waals surface area contributed by atoms with E-state index < -0.39 is 5.60 Å². The first-order valence-electron chi connectivity index (χ1n) is 9.13. The fourth-order valence-corrected chi connectivity index (χ4v) is 3.90. The number of aliphatic hydroxyl groups is 1. The number of likely N-dealkylation sites (tertiary alicyclic amines) is 1. The number of nitrogens with zero attached hydrogens (tertiary/aromatic N) is 2. The van der Waals surface area contributed by atoms with Crippen LogP contribution in [-0.2, 0) is 12.1 Å². The van der Waals surface area contributed by atoms with E-state index in [0.717, 1.165) is 42.4 Å². The van der Waals surface area contributed by atoms with Gasteiger partial charge in [0.2, 0.25) is 5.89 Å². The highest BCUT2D eigenvalue weighted by atomic mass is 16.5. The summed E-state index contributed by atoms with van der Waals surface area (Å²) in [5.41, 5.74) is -0.00872. The highest BCUT2D eigenvalue weighted by Gasteiger charge is 2.41. The second kappa shape index (κ2) is 6.46. The zero-order valence-corrected chi connectivity index (χ0v) is 14.9. The van der Waals surface area contributed by atoms with Gasteiger partial charge in [0.1, 0.15) is 17.1 Å². The third kappa shape index (κ3) is 3.31. The summed E-state index contributed by atoms with van der Waals surface area (Å²) < 4.78 is 11.1. The Morgan fingerprint density at radius 3 is 2.72 bits per heavy atom. The van der Waals surface area contributed by atoms with Crippen LogP contribution in [0.15, 0.2) is 34.9 Å². The first-order valence-corrected chi connectivity index (χ1v) is 9.13. The molecule has 25 heavy (non-hydrogen) atoms. The van der Waals surface area contributed by atoms with E-state index in [1.807, 2.05) is 37.4 Å². The van der Waals surface area contributed by atoms with Crippen LogP contribution in [0.2, 0.25) is 0 Å². The minimum atomic E-state index is -0.922. The highest BCUT2D eigenvalue weighted by molar-refractivity contribution is 5.31. The summed E-state index contributed by atoms with van der Waals surface area (Å²) in [4.78, 5) is 6.74. The molecule has 0 bridgehead atoms. The average molecular weight is 342 g/mol. The SMILES string of the molecule is COc1ccc([C@@](C)(O)[C@H]2CCCN2Cc2ncc(C3CC3)o2)cc1. The Balaban J connectivity index is 1.50. The summed E-state index contributed by atoms with van der Waals surface area (Å²) in [7, 11) is 1.65. The molecule has 5 heteroatoms. The molecule has 2 aromatic rings. The third-order valence-electron chi connectivity index (χ3n) is 5.58. The molecule has 1 aliphatic carbocycles. The van der Waals surface area contributed by atoms with Crippen LogP contribution in [0.4, 0.5) is 0 Å². The molecule has 0 amide bonds. The topological polar surface area (TPSA) is 58.7 Å². The monoisotopic (exact) mass is 342 g/mol. The molecule has 0 radical (unpaired) electrons. The van der Waals surface area contributed by atoms with Crippen LogP contribution in [0.3, 0.4) is 0 Å². The second-order valence-electron chi connectivity index (χ2n) is 7.44. The Labute approximate surface area is 148 Å². The lowest BCUT2D eigenvalue weighted by Crippen LogP contribution is -2.45. The van der Waals surface area contributed by atoms with Gasteiger partial charge in [-0.25, -0.2) is 4.98 Å². The molecule has 1 aliphatic heterocycles. The van der Waals surface area contributed by atoms with Crippen molar-refractivity contribution in [2.75, 3.05) is 13.7 Å². The maximum Gasteiger partial charge on any atom is 0.208 e. The molecule has 1 N–H and O–H groups in total. The van der Waals surface area contributed by atoms with Crippen molar-refractivity contribution in [1.82, 2.24) is 9.88 Å². The molecule has 2 fully saturated rings. The van der Waals surface area contributed by atoms with E-state index in [4.69, 9.17) is 9.15 Å². The molecule has 2 atom stereocenters. The predicted molar refractivity (Wildman–Crippen MR) is 94.5 cm³/mol. The van der Waals surface area contributed by atoms with E-state index in [-0.39, 0.29) is 6.04 Å². The minimum absolute atomic E-state index is 0.0529. The van der Waals surface area contributed by atoms with Gasteiger partial charge in [-0.05, 0) is 56.8 Å². The van der Waals surface area contributed by atoms with Crippen molar-refractivity contribution in [2.24, 2.45) is 0 Å².